The first-order chi connectivity index (χ1) is 17.3. The van der Waals surface area contributed by atoms with Crippen LogP contribution in [0.15, 0.2) is 59.9 Å². The molecule has 0 aliphatic heterocycles. The molecular formula is C25H29N5O6S. The minimum absolute atomic E-state index is 0.0166. The Labute approximate surface area is 215 Å². The number of nitrogens with zero attached hydrogens (tertiary/aromatic N) is 2. The van der Waals surface area contributed by atoms with Crippen molar-refractivity contribution in [1.82, 2.24) is 15.3 Å². The molecule has 0 aliphatic rings. The van der Waals surface area contributed by atoms with Crippen LogP contribution in [0.3, 0.4) is 0 Å². The van der Waals surface area contributed by atoms with E-state index in [1.165, 1.54) is 0 Å². The van der Waals surface area contributed by atoms with E-state index in [1.54, 1.807) is 64.3 Å². The number of carbonyl (C=O) groups is 2. The average Bonchev–Trinajstić information content (AvgIpc) is 2.81. The van der Waals surface area contributed by atoms with Gasteiger partial charge in [-0.05, 0) is 56.7 Å². The van der Waals surface area contributed by atoms with Crippen LogP contribution in [-0.4, -0.2) is 49.4 Å². The van der Waals surface area contributed by atoms with Crippen LogP contribution in [0.2, 0.25) is 0 Å². The van der Waals surface area contributed by atoms with Crippen LogP contribution >= 0.6 is 0 Å². The fourth-order valence-electron chi connectivity index (χ4n) is 3.06. The molecule has 0 atom stereocenters. The van der Waals surface area contributed by atoms with Gasteiger partial charge in [-0.2, -0.15) is 4.98 Å². The zero-order valence-electron chi connectivity index (χ0n) is 21.2. The zero-order chi connectivity index (χ0) is 27.2. The molecule has 3 N–H and O–H groups in total. The number of amides is 2. The summed E-state index contributed by atoms with van der Waals surface area (Å²) in [6.45, 7) is 5.46. The summed E-state index contributed by atoms with van der Waals surface area (Å²) >= 11 is 0. The Morgan fingerprint density at radius 3 is 2.32 bits per heavy atom. The largest absolute Gasteiger partial charge is 0.497 e. The van der Waals surface area contributed by atoms with Crippen LogP contribution in [0.1, 0.15) is 36.7 Å². The third-order valence-electron chi connectivity index (χ3n) is 4.73. The van der Waals surface area contributed by atoms with E-state index >= 15 is 0 Å². The molecule has 0 saturated heterocycles. The molecule has 1 heterocycles. The number of hydrogen-bond acceptors (Lipinski definition) is 9. The van der Waals surface area contributed by atoms with E-state index in [2.05, 4.69) is 25.9 Å². The molecule has 2 aromatic carbocycles. The number of aromatic nitrogens is 2. The van der Waals surface area contributed by atoms with Crippen LogP contribution in [0, 0.1) is 0 Å². The Kier molecular flexibility index (Phi) is 8.33. The van der Waals surface area contributed by atoms with Crippen LogP contribution in [0.5, 0.6) is 5.75 Å². The summed E-state index contributed by atoms with van der Waals surface area (Å²) < 4.78 is 34.5. The molecule has 11 nitrogen and oxygen atoms in total. The highest BCUT2D eigenvalue weighted by Gasteiger charge is 2.20. The standard InChI is InChI=1S/C25H29N5O6S/c1-25(2,3)36-24(32)29-18-8-6-7-17(13-18)28-21-20(15-27-23(30-21)37(5,33)34)22(31)26-14-16-9-11-19(35-4)12-10-16/h6-13,15H,14H2,1-5H3,(H,26,31)(H,29,32)(H,27,28,30). The van der Waals surface area contributed by atoms with Gasteiger partial charge in [0.2, 0.25) is 15.0 Å². The van der Waals surface area contributed by atoms with Crippen molar-refractivity contribution < 1.29 is 27.5 Å². The predicted octanol–water partition coefficient (Wildman–Crippen LogP) is 3.91. The molecule has 3 rings (SSSR count). The van der Waals surface area contributed by atoms with Crippen molar-refractivity contribution in [2.75, 3.05) is 24.0 Å². The Hall–Kier alpha value is -4.19. The van der Waals surface area contributed by atoms with E-state index in [0.29, 0.717) is 17.1 Å². The highest BCUT2D eigenvalue weighted by molar-refractivity contribution is 7.90. The van der Waals surface area contributed by atoms with Crippen molar-refractivity contribution >= 4 is 39.0 Å². The summed E-state index contributed by atoms with van der Waals surface area (Å²) in [6, 6.07) is 13.7. The third-order valence-corrected chi connectivity index (χ3v) is 5.59. The van der Waals surface area contributed by atoms with E-state index in [9.17, 15) is 18.0 Å². The molecule has 3 aromatic rings. The molecule has 0 bridgehead atoms. The molecule has 0 radical (unpaired) electrons. The van der Waals surface area contributed by atoms with Crippen molar-refractivity contribution in [1.29, 1.82) is 0 Å². The summed E-state index contributed by atoms with van der Waals surface area (Å²) in [7, 11) is -2.18. The normalized spacial score (nSPS) is 11.4. The van der Waals surface area contributed by atoms with E-state index in [4.69, 9.17) is 9.47 Å². The Morgan fingerprint density at radius 1 is 1.03 bits per heavy atom. The molecule has 0 fully saturated rings. The van der Waals surface area contributed by atoms with Crippen molar-refractivity contribution in [3.63, 3.8) is 0 Å². The molecule has 1 aromatic heterocycles. The van der Waals surface area contributed by atoms with E-state index in [0.717, 1.165) is 18.0 Å². The van der Waals surface area contributed by atoms with Crippen LogP contribution in [0.25, 0.3) is 0 Å². The van der Waals surface area contributed by atoms with Gasteiger partial charge in [-0.3, -0.25) is 10.1 Å². The number of sulfone groups is 1. The van der Waals surface area contributed by atoms with Gasteiger partial charge in [0.15, 0.2) is 0 Å². The van der Waals surface area contributed by atoms with Gasteiger partial charge < -0.3 is 20.1 Å². The van der Waals surface area contributed by atoms with E-state index in [1.807, 2.05) is 12.1 Å². The molecule has 0 aliphatic carbocycles. The van der Waals surface area contributed by atoms with Crippen LogP contribution in [0.4, 0.5) is 22.0 Å². The van der Waals surface area contributed by atoms with Crippen LogP contribution < -0.4 is 20.7 Å². The lowest BCUT2D eigenvalue weighted by Crippen LogP contribution is -2.27. The Bertz CT molecular complexity index is 1390. The quantitative estimate of drug-likeness (QED) is 0.371. The van der Waals surface area contributed by atoms with Gasteiger partial charge >= 0.3 is 6.09 Å². The number of hydrogen-bond donors (Lipinski definition) is 3. The third kappa shape index (κ3) is 8.17. The van der Waals surface area contributed by atoms with Gasteiger partial charge in [-0.1, -0.05) is 18.2 Å². The van der Waals surface area contributed by atoms with Gasteiger partial charge in [-0.25, -0.2) is 18.2 Å². The zero-order valence-corrected chi connectivity index (χ0v) is 22.0. The number of methoxy groups -OCH3 is 1. The van der Waals surface area contributed by atoms with Crippen molar-refractivity contribution in [3.8, 4) is 5.75 Å². The summed E-state index contributed by atoms with van der Waals surface area (Å²) in [6.07, 6.45) is 1.49. The van der Waals surface area contributed by atoms with Crippen molar-refractivity contribution in [2.24, 2.45) is 0 Å². The van der Waals surface area contributed by atoms with Gasteiger partial charge in [0, 0.05) is 30.4 Å². The van der Waals surface area contributed by atoms with Gasteiger partial charge in [0.25, 0.3) is 5.91 Å². The maximum absolute atomic E-state index is 13.0. The topological polar surface area (TPSA) is 149 Å². The monoisotopic (exact) mass is 527 g/mol. The first kappa shape index (κ1) is 27.4. The second-order valence-electron chi connectivity index (χ2n) is 9.05. The lowest BCUT2D eigenvalue weighted by atomic mass is 10.2. The smallest absolute Gasteiger partial charge is 0.412 e. The molecule has 0 unspecified atom stereocenters. The SMILES string of the molecule is COc1ccc(CNC(=O)c2cnc(S(C)(=O)=O)nc2Nc2cccc(NC(=O)OC(C)(C)C)c2)cc1. The number of ether oxygens (including phenoxy) is 2. The lowest BCUT2D eigenvalue weighted by Gasteiger charge is -2.20. The van der Waals surface area contributed by atoms with Crippen LogP contribution in [-0.2, 0) is 21.1 Å². The van der Waals surface area contributed by atoms with Crippen molar-refractivity contribution in [2.45, 2.75) is 38.1 Å². The number of carbonyl (C=O) groups excluding carboxylic acids is 2. The fraction of sp³-hybridized carbons (Fsp3) is 0.280. The Balaban J connectivity index is 1.83. The number of anilines is 3. The first-order valence-electron chi connectivity index (χ1n) is 11.2. The number of benzene rings is 2. The fourth-order valence-corrected chi connectivity index (χ4v) is 3.56. The lowest BCUT2D eigenvalue weighted by molar-refractivity contribution is 0.0635. The van der Waals surface area contributed by atoms with Crippen molar-refractivity contribution in [3.05, 3.63) is 65.9 Å². The van der Waals surface area contributed by atoms with E-state index < -0.39 is 32.6 Å². The maximum Gasteiger partial charge on any atom is 0.412 e. The predicted molar refractivity (Wildman–Crippen MR) is 139 cm³/mol. The van der Waals surface area contributed by atoms with Gasteiger partial charge in [0.05, 0.1) is 7.11 Å². The molecular weight excluding hydrogens is 498 g/mol. The average molecular weight is 528 g/mol. The summed E-state index contributed by atoms with van der Waals surface area (Å²) in [5.41, 5.74) is 1.06. The minimum Gasteiger partial charge on any atom is -0.497 e. The highest BCUT2D eigenvalue weighted by Crippen LogP contribution is 2.23. The highest BCUT2D eigenvalue weighted by atomic mass is 32.2. The molecule has 37 heavy (non-hydrogen) atoms. The summed E-state index contributed by atoms with van der Waals surface area (Å²) in [5.74, 6) is 0.160. The maximum atomic E-state index is 13.0. The molecule has 2 amide bonds. The van der Waals surface area contributed by atoms with Gasteiger partial charge in [0.1, 0.15) is 22.7 Å². The Morgan fingerprint density at radius 2 is 1.70 bits per heavy atom. The molecule has 0 spiro atoms. The summed E-state index contributed by atoms with van der Waals surface area (Å²) in [4.78, 5) is 33.0. The van der Waals surface area contributed by atoms with Gasteiger partial charge in [-0.15, -0.1) is 0 Å². The molecule has 12 heteroatoms. The molecule has 196 valence electrons. The number of rotatable bonds is 8. The second kappa shape index (κ2) is 11.2. The molecule has 0 saturated carbocycles. The summed E-state index contributed by atoms with van der Waals surface area (Å²) in [5, 5.41) is 7.92. The minimum atomic E-state index is -3.74. The number of nitrogens with one attached hydrogen (secondary N) is 3. The second-order valence-corrected chi connectivity index (χ2v) is 11.0. The van der Waals surface area contributed by atoms with E-state index in [-0.39, 0.29) is 17.9 Å². The first-order valence-corrected chi connectivity index (χ1v) is 13.1.